The van der Waals surface area contributed by atoms with Gasteiger partial charge in [-0.25, -0.2) is 4.98 Å². The molecule has 1 aromatic carbocycles. The van der Waals surface area contributed by atoms with Gasteiger partial charge in [-0.15, -0.1) is 11.3 Å². The summed E-state index contributed by atoms with van der Waals surface area (Å²) in [5, 5.41) is 3.61. The number of benzene rings is 1. The Morgan fingerprint density at radius 2 is 2.14 bits per heavy atom. The van der Waals surface area contributed by atoms with E-state index in [0.717, 1.165) is 29.5 Å². The Labute approximate surface area is 167 Å². The number of H-pyrrole nitrogens is 1. The predicted molar refractivity (Wildman–Crippen MR) is 111 cm³/mol. The summed E-state index contributed by atoms with van der Waals surface area (Å²) in [6.45, 7) is 0. The number of methoxy groups -OCH3 is 1. The first-order chi connectivity index (χ1) is 13.6. The first-order valence-corrected chi connectivity index (χ1v) is 10.4. The van der Waals surface area contributed by atoms with E-state index in [4.69, 9.17) is 4.74 Å². The van der Waals surface area contributed by atoms with Crippen molar-refractivity contribution in [3.8, 4) is 5.75 Å². The summed E-state index contributed by atoms with van der Waals surface area (Å²) < 4.78 is 5.16. The third-order valence-corrected chi connectivity index (χ3v) is 6.25. The number of carbonyl (C=O) groups is 1. The molecule has 3 aromatic rings. The highest BCUT2D eigenvalue weighted by Crippen LogP contribution is 2.32. The van der Waals surface area contributed by atoms with Gasteiger partial charge in [0.05, 0.1) is 12.5 Å². The Balaban J connectivity index is 1.47. The van der Waals surface area contributed by atoms with Crippen molar-refractivity contribution < 1.29 is 9.53 Å². The van der Waals surface area contributed by atoms with Gasteiger partial charge in [0.15, 0.2) is 0 Å². The van der Waals surface area contributed by atoms with Gasteiger partial charge in [0, 0.05) is 29.5 Å². The van der Waals surface area contributed by atoms with Gasteiger partial charge in [0.25, 0.3) is 5.56 Å². The number of carbonyl (C=O) groups excluding carboxylic acids is 1. The highest BCUT2D eigenvalue weighted by molar-refractivity contribution is 7.18. The van der Waals surface area contributed by atoms with E-state index >= 15 is 0 Å². The molecule has 28 heavy (non-hydrogen) atoms. The van der Waals surface area contributed by atoms with Crippen LogP contribution in [0.4, 0.5) is 5.69 Å². The maximum atomic E-state index is 12.6. The number of aromatic amines is 1. The molecule has 2 N–H and O–H groups in total. The molecular formula is C21H23N3O3S. The highest BCUT2D eigenvalue weighted by atomic mass is 32.1. The number of rotatable bonds is 5. The second-order valence-corrected chi connectivity index (χ2v) is 8.12. The Hall–Kier alpha value is -2.67. The number of nitrogens with zero attached hydrogens (tertiary/aromatic N) is 1. The van der Waals surface area contributed by atoms with Crippen LogP contribution in [0.3, 0.4) is 0 Å². The van der Waals surface area contributed by atoms with Crippen molar-refractivity contribution >= 4 is 33.1 Å². The van der Waals surface area contributed by atoms with E-state index in [1.165, 1.54) is 23.3 Å². The minimum absolute atomic E-state index is 0.0763. The van der Waals surface area contributed by atoms with Crippen LogP contribution in [-0.4, -0.2) is 23.0 Å². The number of amides is 1. The third kappa shape index (κ3) is 3.94. The Kier molecular flexibility index (Phi) is 5.43. The van der Waals surface area contributed by atoms with Gasteiger partial charge < -0.3 is 15.0 Å². The molecule has 7 heteroatoms. The minimum atomic E-state index is -0.127. The van der Waals surface area contributed by atoms with Gasteiger partial charge >= 0.3 is 0 Å². The molecule has 4 rings (SSSR count). The first kappa shape index (κ1) is 18.7. The van der Waals surface area contributed by atoms with E-state index in [2.05, 4.69) is 15.3 Å². The molecule has 0 saturated heterocycles. The number of nitrogens with one attached hydrogen (secondary N) is 2. The summed E-state index contributed by atoms with van der Waals surface area (Å²) in [7, 11) is 1.59. The first-order valence-electron chi connectivity index (χ1n) is 9.61. The molecule has 1 aliphatic rings. The zero-order valence-corrected chi connectivity index (χ0v) is 16.7. The average Bonchev–Trinajstić information content (AvgIpc) is 2.88. The van der Waals surface area contributed by atoms with Crippen LogP contribution in [0, 0.1) is 0 Å². The van der Waals surface area contributed by atoms with E-state index in [1.54, 1.807) is 24.5 Å². The maximum absolute atomic E-state index is 12.6. The van der Waals surface area contributed by atoms with Crippen molar-refractivity contribution in [3.05, 3.63) is 50.9 Å². The summed E-state index contributed by atoms with van der Waals surface area (Å²) in [6.07, 6.45) is 6.16. The summed E-state index contributed by atoms with van der Waals surface area (Å²) in [4.78, 5) is 34.5. The summed E-state index contributed by atoms with van der Waals surface area (Å²) in [5.74, 6) is 1.12. The second kappa shape index (κ2) is 8.14. The van der Waals surface area contributed by atoms with Crippen molar-refractivity contribution in [1.29, 1.82) is 0 Å². The fraction of sp³-hybridized carbons (Fsp3) is 0.381. The number of aromatic nitrogens is 2. The molecule has 146 valence electrons. The van der Waals surface area contributed by atoms with Crippen LogP contribution in [-0.2, 0) is 24.1 Å². The SMILES string of the molecule is COc1cccc(NC(=O)CCc2nc3sc4c(c3c(=O)[nH]2)CCCCC4)c1. The smallest absolute Gasteiger partial charge is 0.259 e. The van der Waals surface area contributed by atoms with E-state index in [-0.39, 0.29) is 17.9 Å². The van der Waals surface area contributed by atoms with Crippen LogP contribution in [0.1, 0.15) is 41.9 Å². The molecule has 2 heterocycles. The van der Waals surface area contributed by atoms with Crippen LogP contribution in [0.25, 0.3) is 10.2 Å². The molecule has 0 unspecified atom stereocenters. The Morgan fingerprint density at radius 1 is 1.29 bits per heavy atom. The predicted octanol–water partition coefficient (Wildman–Crippen LogP) is 3.83. The monoisotopic (exact) mass is 397 g/mol. The van der Waals surface area contributed by atoms with Gasteiger partial charge in [-0.2, -0.15) is 0 Å². The molecule has 6 nitrogen and oxygen atoms in total. The molecule has 1 aliphatic carbocycles. The van der Waals surface area contributed by atoms with Crippen LogP contribution in [0.5, 0.6) is 5.75 Å². The molecule has 0 radical (unpaired) electrons. The van der Waals surface area contributed by atoms with Crippen molar-refractivity contribution in [3.63, 3.8) is 0 Å². The Morgan fingerprint density at radius 3 is 3.00 bits per heavy atom. The van der Waals surface area contributed by atoms with Crippen LogP contribution in [0.2, 0.25) is 0 Å². The largest absolute Gasteiger partial charge is 0.497 e. The highest BCUT2D eigenvalue weighted by Gasteiger charge is 2.19. The number of hydrogen-bond acceptors (Lipinski definition) is 5. The molecule has 0 atom stereocenters. The summed E-state index contributed by atoms with van der Waals surface area (Å²) in [5.41, 5.74) is 1.80. The Bertz CT molecular complexity index is 1070. The lowest BCUT2D eigenvalue weighted by molar-refractivity contribution is -0.116. The quantitative estimate of drug-likeness (QED) is 0.641. The second-order valence-electron chi connectivity index (χ2n) is 7.04. The molecule has 0 spiro atoms. The summed E-state index contributed by atoms with van der Waals surface area (Å²) in [6, 6.07) is 7.22. The molecular weight excluding hydrogens is 374 g/mol. The number of fused-ring (bicyclic) bond motifs is 3. The van der Waals surface area contributed by atoms with Crippen molar-refractivity contribution in [2.24, 2.45) is 0 Å². The fourth-order valence-electron chi connectivity index (χ4n) is 3.66. The number of anilines is 1. The lowest BCUT2D eigenvalue weighted by Gasteiger charge is -2.07. The number of hydrogen-bond donors (Lipinski definition) is 2. The molecule has 0 bridgehead atoms. The molecule has 2 aromatic heterocycles. The average molecular weight is 398 g/mol. The van der Waals surface area contributed by atoms with Gasteiger partial charge in [0.1, 0.15) is 16.4 Å². The van der Waals surface area contributed by atoms with E-state index < -0.39 is 0 Å². The van der Waals surface area contributed by atoms with Crippen molar-refractivity contribution in [2.75, 3.05) is 12.4 Å². The topological polar surface area (TPSA) is 84.1 Å². The maximum Gasteiger partial charge on any atom is 0.259 e. The zero-order chi connectivity index (χ0) is 19.5. The third-order valence-electron chi connectivity index (χ3n) is 5.07. The lowest BCUT2D eigenvalue weighted by atomic mass is 10.1. The molecule has 0 saturated carbocycles. The van der Waals surface area contributed by atoms with Crippen LogP contribution < -0.4 is 15.6 Å². The van der Waals surface area contributed by atoms with Crippen LogP contribution >= 0.6 is 11.3 Å². The van der Waals surface area contributed by atoms with Crippen molar-refractivity contribution in [2.45, 2.75) is 44.9 Å². The number of aryl methyl sites for hydroxylation is 3. The van der Waals surface area contributed by atoms with Gasteiger partial charge in [-0.3, -0.25) is 9.59 Å². The fourth-order valence-corrected chi connectivity index (χ4v) is 4.94. The van der Waals surface area contributed by atoms with E-state index in [0.29, 0.717) is 23.7 Å². The normalized spacial score (nSPS) is 13.8. The minimum Gasteiger partial charge on any atom is -0.497 e. The van der Waals surface area contributed by atoms with Crippen molar-refractivity contribution in [1.82, 2.24) is 9.97 Å². The number of ether oxygens (including phenoxy) is 1. The number of thiophene rings is 1. The summed E-state index contributed by atoms with van der Waals surface area (Å²) >= 11 is 1.64. The van der Waals surface area contributed by atoms with E-state index in [9.17, 15) is 9.59 Å². The molecule has 1 amide bonds. The zero-order valence-electron chi connectivity index (χ0n) is 15.8. The standard InChI is InChI=1S/C21H23N3O3S/c1-27-14-7-5-6-13(12-14)22-18(25)11-10-17-23-20(26)19-15-8-3-2-4-9-16(15)28-21(19)24-17/h5-7,12H,2-4,8-11H2,1H3,(H,22,25)(H,23,24,26). The van der Waals surface area contributed by atoms with Crippen LogP contribution in [0.15, 0.2) is 29.1 Å². The molecule has 0 fully saturated rings. The molecule has 0 aliphatic heterocycles. The van der Waals surface area contributed by atoms with Gasteiger partial charge in [-0.05, 0) is 43.4 Å². The lowest BCUT2D eigenvalue weighted by Crippen LogP contribution is -2.16. The van der Waals surface area contributed by atoms with E-state index in [1.807, 2.05) is 18.2 Å². The van der Waals surface area contributed by atoms with Gasteiger partial charge in [0.2, 0.25) is 5.91 Å². The van der Waals surface area contributed by atoms with Gasteiger partial charge in [-0.1, -0.05) is 12.5 Å².